The highest BCUT2D eigenvalue weighted by molar-refractivity contribution is 7.13. The van der Waals surface area contributed by atoms with E-state index in [1.54, 1.807) is 34.1 Å². The molecule has 10 heteroatoms. The van der Waals surface area contributed by atoms with E-state index in [9.17, 15) is 19.5 Å². The predicted molar refractivity (Wildman–Crippen MR) is 156 cm³/mol. The second-order valence-corrected chi connectivity index (χ2v) is 12.4. The zero-order valence-electron chi connectivity index (χ0n) is 23.5. The fourth-order valence-electron chi connectivity index (χ4n) is 6.20. The molecule has 2 aromatic carbocycles. The molecule has 4 atom stereocenters. The number of thiazole rings is 1. The summed E-state index contributed by atoms with van der Waals surface area (Å²) in [6.45, 7) is 8.03. The largest absolute Gasteiger partial charge is 0.391 e. The molecular formula is C31H33N5O4S. The molecule has 3 amide bonds. The first-order valence-corrected chi connectivity index (χ1v) is 14.8. The normalized spacial score (nSPS) is 24.6. The minimum absolute atomic E-state index is 0.107. The number of nitrogens with zero attached hydrogens (tertiary/aromatic N) is 4. The number of aryl methyl sites for hydroxylation is 1. The first-order chi connectivity index (χ1) is 19.6. The van der Waals surface area contributed by atoms with Crippen molar-refractivity contribution in [3.63, 3.8) is 0 Å². The van der Waals surface area contributed by atoms with Gasteiger partial charge in [-0.05, 0) is 42.5 Å². The van der Waals surface area contributed by atoms with Crippen LogP contribution in [0.3, 0.4) is 0 Å². The van der Waals surface area contributed by atoms with Crippen molar-refractivity contribution in [2.45, 2.75) is 64.4 Å². The number of rotatable bonds is 6. The van der Waals surface area contributed by atoms with Crippen molar-refractivity contribution in [3.05, 3.63) is 76.4 Å². The molecule has 6 rings (SSSR count). The number of amidine groups is 1. The van der Waals surface area contributed by atoms with E-state index >= 15 is 0 Å². The Morgan fingerprint density at radius 2 is 1.88 bits per heavy atom. The van der Waals surface area contributed by atoms with Crippen LogP contribution >= 0.6 is 11.3 Å². The van der Waals surface area contributed by atoms with Crippen molar-refractivity contribution in [2.75, 3.05) is 6.54 Å². The molecule has 1 fully saturated rings. The van der Waals surface area contributed by atoms with Gasteiger partial charge >= 0.3 is 0 Å². The molecule has 0 bridgehead atoms. The van der Waals surface area contributed by atoms with Crippen molar-refractivity contribution < 1.29 is 19.5 Å². The highest BCUT2D eigenvalue weighted by Gasteiger charge is 2.49. The molecular weight excluding hydrogens is 538 g/mol. The Morgan fingerprint density at radius 3 is 2.54 bits per heavy atom. The number of aromatic nitrogens is 1. The molecule has 2 unspecified atom stereocenters. The molecule has 0 saturated carbocycles. The van der Waals surface area contributed by atoms with Gasteiger partial charge in [0.1, 0.15) is 11.9 Å². The predicted octanol–water partition coefficient (Wildman–Crippen LogP) is 3.50. The van der Waals surface area contributed by atoms with Crippen LogP contribution in [-0.4, -0.2) is 68.2 Å². The second kappa shape index (κ2) is 10.2. The molecule has 3 aliphatic heterocycles. The molecule has 0 spiro atoms. The number of fused-ring (bicyclic) bond motifs is 1. The molecule has 9 nitrogen and oxygen atoms in total. The SMILES string of the molecule is Cc1ncsc1-c1ccc(C2(C)N=C([C@H]3C[C@@H](O)CN3C(=O)C(C(C)C)N3Cc4ccccc4C3=O)NC2=O)cc1. The van der Waals surface area contributed by atoms with Crippen LogP contribution in [0.5, 0.6) is 0 Å². The number of carbonyl (C=O) groups is 3. The van der Waals surface area contributed by atoms with Gasteiger partial charge in [-0.15, -0.1) is 11.3 Å². The number of hydrogen-bond acceptors (Lipinski definition) is 7. The van der Waals surface area contributed by atoms with E-state index in [0.29, 0.717) is 17.9 Å². The third-order valence-corrected chi connectivity index (χ3v) is 9.41. The fourth-order valence-corrected chi connectivity index (χ4v) is 7.01. The zero-order valence-corrected chi connectivity index (χ0v) is 24.3. The van der Waals surface area contributed by atoms with E-state index in [0.717, 1.165) is 27.3 Å². The summed E-state index contributed by atoms with van der Waals surface area (Å²) in [6.07, 6.45) is -0.514. The van der Waals surface area contributed by atoms with Crippen LogP contribution in [0, 0.1) is 12.8 Å². The number of aliphatic imine (C=N–C) groups is 1. The summed E-state index contributed by atoms with van der Waals surface area (Å²) < 4.78 is 0. The average molecular weight is 572 g/mol. The minimum Gasteiger partial charge on any atom is -0.391 e. The number of likely N-dealkylation sites (tertiary alicyclic amines) is 1. The van der Waals surface area contributed by atoms with Crippen molar-refractivity contribution in [3.8, 4) is 10.4 Å². The monoisotopic (exact) mass is 571 g/mol. The standard InChI is InChI=1S/C31H33N5O4S/c1-17(2)25(36-14-20-7-5-6-8-23(20)28(36)38)29(39)35-15-22(37)13-24(35)27-33-30(40)31(4,34-27)21-11-9-19(10-12-21)26-18(3)32-16-41-26/h5-12,16-17,22,24-25,37H,13-15H2,1-4H3,(H,33,34,40)/t22-,24-,25?,31?/m1/s1. The number of aliphatic hydroxyl groups excluding tert-OH is 1. The first kappa shape index (κ1) is 27.3. The topological polar surface area (TPSA) is 115 Å². The van der Waals surface area contributed by atoms with Crippen LogP contribution in [0.25, 0.3) is 10.4 Å². The smallest absolute Gasteiger partial charge is 0.257 e. The average Bonchev–Trinajstić information content (AvgIpc) is 3.71. The van der Waals surface area contributed by atoms with E-state index in [1.807, 2.05) is 68.7 Å². The molecule has 212 valence electrons. The van der Waals surface area contributed by atoms with Crippen LogP contribution in [-0.2, 0) is 21.7 Å². The van der Waals surface area contributed by atoms with Crippen molar-refractivity contribution in [2.24, 2.45) is 10.9 Å². The summed E-state index contributed by atoms with van der Waals surface area (Å²) in [6, 6.07) is 13.8. The van der Waals surface area contributed by atoms with Crippen LogP contribution < -0.4 is 5.32 Å². The van der Waals surface area contributed by atoms with Crippen LogP contribution in [0.2, 0.25) is 0 Å². The van der Waals surface area contributed by atoms with E-state index < -0.39 is 23.7 Å². The summed E-state index contributed by atoms with van der Waals surface area (Å²) in [5.74, 6) is -0.500. The number of benzene rings is 2. The second-order valence-electron chi connectivity index (χ2n) is 11.5. The molecule has 4 heterocycles. The lowest BCUT2D eigenvalue weighted by molar-refractivity contribution is -0.138. The van der Waals surface area contributed by atoms with E-state index in [2.05, 4.69) is 10.3 Å². The Labute approximate surface area is 242 Å². The van der Waals surface area contributed by atoms with Crippen molar-refractivity contribution in [1.29, 1.82) is 0 Å². The third-order valence-electron chi connectivity index (χ3n) is 8.43. The van der Waals surface area contributed by atoms with Gasteiger partial charge in [0.25, 0.3) is 11.8 Å². The zero-order chi connectivity index (χ0) is 29.1. The Hall–Kier alpha value is -3.89. The van der Waals surface area contributed by atoms with Gasteiger partial charge in [0, 0.05) is 25.1 Å². The number of hydrogen-bond donors (Lipinski definition) is 2. The van der Waals surface area contributed by atoms with Gasteiger partial charge < -0.3 is 20.2 Å². The van der Waals surface area contributed by atoms with Gasteiger partial charge in [0.05, 0.1) is 28.2 Å². The molecule has 1 aromatic heterocycles. The molecule has 2 N–H and O–H groups in total. The summed E-state index contributed by atoms with van der Waals surface area (Å²) in [7, 11) is 0. The van der Waals surface area contributed by atoms with Crippen LogP contribution in [0.15, 0.2) is 59.0 Å². The molecule has 41 heavy (non-hydrogen) atoms. The maximum Gasteiger partial charge on any atom is 0.257 e. The lowest BCUT2D eigenvalue weighted by Gasteiger charge is -2.35. The molecule has 3 aliphatic rings. The summed E-state index contributed by atoms with van der Waals surface area (Å²) in [4.78, 5) is 54.2. The maximum atomic E-state index is 14.1. The van der Waals surface area contributed by atoms with E-state index in [1.165, 1.54) is 0 Å². The molecule has 1 saturated heterocycles. The minimum atomic E-state index is -1.18. The Kier molecular flexibility index (Phi) is 6.78. The summed E-state index contributed by atoms with van der Waals surface area (Å²) in [5, 5.41) is 13.6. The molecule has 0 radical (unpaired) electrons. The third kappa shape index (κ3) is 4.55. The summed E-state index contributed by atoms with van der Waals surface area (Å²) >= 11 is 1.57. The first-order valence-electron chi connectivity index (χ1n) is 13.9. The quantitative estimate of drug-likeness (QED) is 0.470. The van der Waals surface area contributed by atoms with Gasteiger partial charge in [-0.3, -0.25) is 14.4 Å². The van der Waals surface area contributed by atoms with E-state index in [4.69, 9.17) is 4.99 Å². The summed E-state index contributed by atoms with van der Waals surface area (Å²) in [5.41, 5.74) is 4.85. The highest BCUT2D eigenvalue weighted by atomic mass is 32.1. The molecule has 0 aliphatic carbocycles. The van der Waals surface area contributed by atoms with Crippen LogP contribution in [0.1, 0.15) is 54.4 Å². The Morgan fingerprint density at radius 1 is 1.15 bits per heavy atom. The Balaban J connectivity index is 1.27. The number of carbonyl (C=O) groups excluding carboxylic acids is 3. The molecule has 3 aromatic rings. The van der Waals surface area contributed by atoms with Crippen molar-refractivity contribution in [1.82, 2.24) is 20.1 Å². The van der Waals surface area contributed by atoms with Gasteiger partial charge in [-0.2, -0.15) is 0 Å². The van der Waals surface area contributed by atoms with Gasteiger partial charge in [0.2, 0.25) is 5.91 Å². The van der Waals surface area contributed by atoms with Crippen molar-refractivity contribution >= 4 is 34.9 Å². The van der Waals surface area contributed by atoms with Gasteiger partial charge in [-0.25, -0.2) is 9.98 Å². The number of aliphatic hydroxyl groups is 1. The van der Waals surface area contributed by atoms with E-state index in [-0.39, 0.29) is 36.6 Å². The lowest BCUT2D eigenvalue weighted by Crippen LogP contribution is -2.55. The lowest BCUT2D eigenvalue weighted by atomic mass is 9.91. The van der Waals surface area contributed by atoms with Crippen LogP contribution in [0.4, 0.5) is 0 Å². The fraction of sp³-hybridized carbons (Fsp3) is 0.387. The Bertz CT molecular complexity index is 1560. The number of nitrogens with one attached hydrogen (secondary N) is 1. The maximum absolute atomic E-state index is 14.1. The number of amides is 3. The highest BCUT2D eigenvalue weighted by Crippen LogP contribution is 2.36. The number of β-amino-alcohol motifs (C(OH)–C–C–N with tert-alkyl or cyclic N) is 1. The van der Waals surface area contributed by atoms with Gasteiger partial charge in [-0.1, -0.05) is 56.3 Å². The van der Waals surface area contributed by atoms with Gasteiger partial charge in [0.15, 0.2) is 5.54 Å².